The van der Waals surface area contributed by atoms with Crippen molar-refractivity contribution in [2.24, 2.45) is 0 Å². The molecule has 0 aliphatic heterocycles. The number of aromatic carboxylic acids is 1. The molecule has 0 saturated carbocycles. The monoisotopic (exact) mass is 239 g/mol. The van der Waals surface area contributed by atoms with Crippen LogP contribution in [-0.4, -0.2) is 22.8 Å². The molecule has 0 unspecified atom stereocenters. The summed E-state index contributed by atoms with van der Waals surface area (Å²) >= 11 is 0. The number of rotatable bonds is 4. The quantitative estimate of drug-likeness (QED) is 0.779. The van der Waals surface area contributed by atoms with E-state index in [0.29, 0.717) is 0 Å². The number of nitrogens with one attached hydrogen (secondary N) is 1. The van der Waals surface area contributed by atoms with Crippen molar-refractivity contribution in [2.75, 3.05) is 5.32 Å². The summed E-state index contributed by atoms with van der Waals surface area (Å²) in [5.41, 5.74) is -0.402. The van der Waals surface area contributed by atoms with Crippen molar-refractivity contribution in [1.82, 2.24) is 0 Å². The first-order valence-electron chi connectivity index (χ1n) is 4.72. The van der Waals surface area contributed by atoms with Crippen molar-refractivity contribution in [3.63, 3.8) is 0 Å². The summed E-state index contributed by atoms with van der Waals surface area (Å²) < 4.78 is 13.0. The molecule has 0 aliphatic rings. The van der Waals surface area contributed by atoms with Gasteiger partial charge in [-0.3, -0.25) is 9.59 Å². The van der Waals surface area contributed by atoms with Crippen LogP contribution in [0.2, 0.25) is 0 Å². The molecule has 0 spiro atoms. The van der Waals surface area contributed by atoms with E-state index in [0.717, 1.165) is 12.1 Å². The first kappa shape index (κ1) is 12.8. The number of Topliss-reactive ketones (excluding diaryl/α,β-unsaturated/α-hetero) is 1. The van der Waals surface area contributed by atoms with Gasteiger partial charge in [0, 0.05) is 5.69 Å². The number of anilines is 1. The van der Waals surface area contributed by atoms with E-state index in [1.54, 1.807) is 0 Å². The molecular weight excluding hydrogens is 229 g/mol. The summed E-state index contributed by atoms with van der Waals surface area (Å²) in [7, 11) is 0. The number of carboxylic acid groups (broad SMARTS) is 1. The van der Waals surface area contributed by atoms with Crippen LogP contribution in [0.4, 0.5) is 10.1 Å². The Kier molecular flexibility index (Phi) is 3.92. The fourth-order valence-corrected chi connectivity index (χ4v) is 1.20. The second kappa shape index (κ2) is 5.20. The SMILES string of the molecule is CC(=O)CC(=O)Nc1ccc(F)c(C(=O)O)c1. The molecule has 1 aromatic rings. The van der Waals surface area contributed by atoms with Gasteiger partial charge in [-0.1, -0.05) is 0 Å². The number of amides is 1. The van der Waals surface area contributed by atoms with Crippen LogP contribution in [0.15, 0.2) is 18.2 Å². The van der Waals surface area contributed by atoms with Gasteiger partial charge in [0.2, 0.25) is 5.91 Å². The minimum Gasteiger partial charge on any atom is -0.478 e. The minimum atomic E-state index is -1.43. The number of ketones is 1. The third-order valence-corrected chi connectivity index (χ3v) is 1.89. The Bertz CT molecular complexity index is 484. The van der Waals surface area contributed by atoms with Gasteiger partial charge in [0.25, 0.3) is 0 Å². The molecule has 0 aromatic heterocycles. The summed E-state index contributed by atoms with van der Waals surface area (Å²) in [6.07, 6.45) is -0.306. The molecule has 2 N–H and O–H groups in total. The van der Waals surface area contributed by atoms with Gasteiger partial charge in [0.15, 0.2) is 0 Å². The molecule has 90 valence electrons. The van der Waals surface area contributed by atoms with Crippen molar-refractivity contribution in [1.29, 1.82) is 0 Å². The van der Waals surface area contributed by atoms with E-state index in [-0.39, 0.29) is 17.9 Å². The van der Waals surface area contributed by atoms with Crippen molar-refractivity contribution >= 4 is 23.3 Å². The zero-order chi connectivity index (χ0) is 13.0. The highest BCUT2D eigenvalue weighted by molar-refractivity contribution is 6.04. The lowest BCUT2D eigenvalue weighted by Crippen LogP contribution is -2.15. The Morgan fingerprint density at radius 3 is 2.53 bits per heavy atom. The van der Waals surface area contributed by atoms with E-state index in [2.05, 4.69) is 5.32 Å². The maximum atomic E-state index is 13.0. The Labute approximate surface area is 96.3 Å². The van der Waals surface area contributed by atoms with Gasteiger partial charge < -0.3 is 10.4 Å². The lowest BCUT2D eigenvalue weighted by molar-refractivity contribution is -0.124. The zero-order valence-corrected chi connectivity index (χ0v) is 8.99. The summed E-state index contributed by atoms with van der Waals surface area (Å²) in [5, 5.41) is 11.0. The Balaban J connectivity index is 2.86. The molecule has 0 heterocycles. The van der Waals surface area contributed by atoms with Gasteiger partial charge >= 0.3 is 5.97 Å². The average molecular weight is 239 g/mol. The van der Waals surface area contributed by atoms with Crippen molar-refractivity contribution in [3.8, 4) is 0 Å². The largest absolute Gasteiger partial charge is 0.478 e. The number of hydrogen-bond acceptors (Lipinski definition) is 3. The van der Waals surface area contributed by atoms with Gasteiger partial charge in [-0.15, -0.1) is 0 Å². The van der Waals surface area contributed by atoms with Gasteiger partial charge in [0.05, 0.1) is 12.0 Å². The first-order chi connectivity index (χ1) is 7.90. The molecule has 0 bridgehead atoms. The minimum absolute atomic E-state index is 0.134. The predicted octanol–water partition coefficient (Wildman–Crippen LogP) is 1.44. The number of carboxylic acids is 1. The number of halogens is 1. The molecule has 17 heavy (non-hydrogen) atoms. The van der Waals surface area contributed by atoms with Gasteiger partial charge in [-0.25, -0.2) is 9.18 Å². The van der Waals surface area contributed by atoms with Crippen LogP contribution in [0.5, 0.6) is 0 Å². The molecule has 0 fully saturated rings. The summed E-state index contributed by atoms with van der Waals surface area (Å²) in [4.78, 5) is 32.5. The van der Waals surface area contributed by atoms with E-state index in [4.69, 9.17) is 5.11 Å². The van der Waals surface area contributed by atoms with Gasteiger partial charge in [0.1, 0.15) is 11.6 Å². The highest BCUT2D eigenvalue weighted by atomic mass is 19.1. The number of hydrogen-bond donors (Lipinski definition) is 2. The van der Waals surface area contributed by atoms with Gasteiger partial charge in [-0.05, 0) is 25.1 Å². The molecule has 6 heteroatoms. The zero-order valence-electron chi connectivity index (χ0n) is 8.99. The molecular formula is C11H10FNO4. The fourth-order valence-electron chi connectivity index (χ4n) is 1.20. The van der Waals surface area contributed by atoms with Crippen molar-refractivity contribution < 1.29 is 23.9 Å². The maximum Gasteiger partial charge on any atom is 0.338 e. The van der Waals surface area contributed by atoms with Crippen LogP contribution >= 0.6 is 0 Å². The highest BCUT2D eigenvalue weighted by Crippen LogP contribution is 2.15. The van der Waals surface area contributed by atoms with E-state index in [9.17, 15) is 18.8 Å². The van der Waals surface area contributed by atoms with Crippen LogP contribution in [0.3, 0.4) is 0 Å². The maximum absolute atomic E-state index is 13.0. The van der Waals surface area contributed by atoms with Crippen LogP contribution in [0.1, 0.15) is 23.7 Å². The second-order valence-electron chi connectivity index (χ2n) is 3.43. The predicted molar refractivity (Wildman–Crippen MR) is 57.3 cm³/mol. The number of carbonyl (C=O) groups is 3. The first-order valence-corrected chi connectivity index (χ1v) is 4.72. The topological polar surface area (TPSA) is 83.5 Å². The molecule has 1 aromatic carbocycles. The van der Waals surface area contributed by atoms with Crippen LogP contribution in [0.25, 0.3) is 0 Å². The second-order valence-corrected chi connectivity index (χ2v) is 3.43. The summed E-state index contributed by atoms with van der Waals surface area (Å²) in [6, 6.07) is 3.16. The van der Waals surface area contributed by atoms with E-state index in [1.807, 2.05) is 0 Å². The molecule has 1 amide bonds. The lowest BCUT2D eigenvalue weighted by atomic mass is 10.2. The third-order valence-electron chi connectivity index (χ3n) is 1.89. The van der Waals surface area contributed by atoms with Crippen LogP contribution in [0, 0.1) is 5.82 Å². The van der Waals surface area contributed by atoms with E-state index >= 15 is 0 Å². The standard InChI is InChI=1S/C11H10FNO4/c1-6(14)4-10(15)13-7-2-3-9(12)8(5-7)11(16)17/h2-3,5H,4H2,1H3,(H,13,15)(H,16,17). The summed E-state index contributed by atoms with van der Waals surface area (Å²) in [6.45, 7) is 1.26. The summed E-state index contributed by atoms with van der Waals surface area (Å²) in [5.74, 6) is -3.20. The highest BCUT2D eigenvalue weighted by Gasteiger charge is 2.12. The molecule has 0 aliphatic carbocycles. The lowest BCUT2D eigenvalue weighted by Gasteiger charge is -2.05. The molecule has 1 rings (SSSR count). The Morgan fingerprint density at radius 2 is 2.00 bits per heavy atom. The smallest absolute Gasteiger partial charge is 0.338 e. The fraction of sp³-hybridized carbons (Fsp3) is 0.182. The molecule has 0 atom stereocenters. The Morgan fingerprint density at radius 1 is 1.35 bits per heavy atom. The van der Waals surface area contributed by atoms with Gasteiger partial charge in [-0.2, -0.15) is 0 Å². The average Bonchev–Trinajstić information content (AvgIpc) is 2.19. The Hall–Kier alpha value is -2.24. The van der Waals surface area contributed by atoms with Crippen LogP contribution in [-0.2, 0) is 9.59 Å². The third kappa shape index (κ3) is 3.67. The van der Waals surface area contributed by atoms with E-state index < -0.39 is 23.3 Å². The van der Waals surface area contributed by atoms with Crippen LogP contribution < -0.4 is 5.32 Å². The number of carbonyl (C=O) groups excluding carboxylic acids is 2. The molecule has 5 nitrogen and oxygen atoms in total. The molecule has 0 radical (unpaired) electrons. The van der Waals surface area contributed by atoms with Crippen molar-refractivity contribution in [3.05, 3.63) is 29.6 Å². The molecule has 0 saturated heterocycles. The van der Waals surface area contributed by atoms with Crippen molar-refractivity contribution in [2.45, 2.75) is 13.3 Å². The number of benzene rings is 1. The normalized spacial score (nSPS) is 9.76. The van der Waals surface area contributed by atoms with E-state index in [1.165, 1.54) is 13.0 Å².